The molecule has 2 N–H and O–H groups in total. The molecule has 2 aromatic rings. The number of carbonyl (C=O) groups excluding carboxylic acids is 3. The second kappa shape index (κ2) is 9.26. The van der Waals surface area contributed by atoms with Crippen molar-refractivity contribution in [1.82, 2.24) is 0 Å². The topological polar surface area (TPSA) is 98.3 Å². The van der Waals surface area contributed by atoms with Crippen molar-refractivity contribution in [2.45, 2.75) is 6.92 Å². The second-order valence-electron chi connectivity index (χ2n) is 5.37. The Bertz CT molecular complexity index is 824. The molecule has 0 bridgehead atoms. The van der Waals surface area contributed by atoms with Crippen LogP contribution in [0, 0.1) is 6.92 Å². The highest BCUT2D eigenvalue weighted by Crippen LogP contribution is 2.23. The number of carboxylic acid groups (broad SMARTS) is 1. The van der Waals surface area contributed by atoms with Gasteiger partial charge in [-0.1, -0.05) is 29.8 Å². The first-order valence-corrected chi connectivity index (χ1v) is 9.14. The van der Waals surface area contributed by atoms with Crippen molar-refractivity contribution in [2.24, 2.45) is 0 Å². The standard InChI is InChI=1S/C18H17ClN2O4S/c1-11-14(19)3-2-4-15(11)21-17(23)10-26-9-16(22)20-13-7-5-12(6-8-13)18(24)25/h2-8H,9-10H2,1H3,(H,20,22)(H,21,23)(H,24,25)/p-1. The van der Waals surface area contributed by atoms with Crippen molar-refractivity contribution in [3.05, 3.63) is 58.6 Å². The normalized spacial score (nSPS) is 10.2. The second-order valence-corrected chi connectivity index (χ2v) is 6.76. The fourth-order valence-electron chi connectivity index (χ4n) is 2.05. The summed E-state index contributed by atoms with van der Waals surface area (Å²) in [6.45, 7) is 1.81. The maximum Gasteiger partial charge on any atom is 0.234 e. The van der Waals surface area contributed by atoms with Gasteiger partial charge < -0.3 is 20.5 Å². The molecule has 0 fully saturated rings. The number of amides is 2. The van der Waals surface area contributed by atoms with Gasteiger partial charge in [-0.3, -0.25) is 9.59 Å². The molecule has 2 amide bonds. The number of thioether (sulfide) groups is 1. The number of rotatable bonds is 7. The zero-order valence-electron chi connectivity index (χ0n) is 13.9. The SMILES string of the molecule is Cc1c(Cl)cccc1NC(=O)CSCC(=O)Nc1ccc(C(=O)[O-])cc1. The third-order valence-corrected chi connectivity index (χ3v) is 4.75. The van der Waals surface area contributed by atoms with Gasteiger partial charge in [0.1, 0.15) is 0 Å². The van der Waals surface area contributed by atoms with E-state index in [2.05, 4.69) is 10.6 Å². The first-order valence-electron chi connectivity index (χ1n) is 7.61. The molecule has 26 heavy (non-hydrogen) atoms. The van der Waals surface area contributed by atoms with Gasteiger partial charge in [-0.2, -0.15) is 0 Å². The van der Waals surface area contributed by atoms with Gasteiger partial charge in [0.25, 0.3) is 0 Å². The predicted octanol–water partition coefficient (Wildman–Crippen LogP) is 2.32. The van der Waals surface area contributed by atoms with Crippen LogP contribution in [0.5, 0.6) is 0 Å². The highest BCUT2D eigenvalue weighted by molar-refractivity contribution is 8.00. The van der Waals surface area contributed by atoms with Crippen molar-refractivity contribution in [3.8, 4) is 0 Å². The number of hydrogen-bond acceptors (Lipinski definition) is 5. The molecular formula is C18H16ClN2O4S-. The number of benzene rings is 2. The average molecular weight is 392 g/mol. The molecular weight excluding hydrogens is 376 g/mol. The van der Waals surface area contributed by atoms with Crippen molar-refractivity contribution >= 4 is 52.5 Å². The molecule has 0 saturated carbocycles. The third kappa shape index (κ3) is 5.79. The van der Waals surface area contributed by atoms with Crippen molar-refractivity contribution < 1.29 is 19.5 Å². The summed E-state index contributed by atoms with van der Waals surface area (Å²) in [6, 6.07) is 10.9. The first kappa shape index (κ1) is 19.8. The maximum atomic E-state index is 11.9. The highest BCUT2D eigenvalue weighted by Gasteiger charge is 2.09. The van der Waals surface area contributed by atoms with Gasteiger partial charge in [-0.05, 0) is 42.3 Å². The lowest BCUT2D eigenvalue weighted by Crippen LogP contribution is -2.22. The van der Waals surface area contributed by atoms with Crippen LogP contribution in [0.4, 0.5) is 11.4 Å². The van der Waals surface area contributed by atoms with Gasteiger partial charge in [0.2, 0.25) is 11.8 Å². The van der Waals surface area contributed by atoms with E-state index in [1.165, 1.54) is 24.3 Å². The molecule has 136 valence electrons. The molecule has 0 heterocycles. The number of hydrogen-bond donors (Lipinski definition) is 2. The molecule has 0 aliphatic carbocycles. The lowest BCUT2D eigenvalue weighted by atomic mass is 10.2. The Morgan fingerprint density at radius 2 is 1.62 bits per heavy atom. The van der Waals surface area contributed by atoms with Crippen molar-refractivity contribution in [3.63, 3.8) is 0 Å². The minimum atomic E-state index is -1.28. The fourth-order valence-corrected chi connectivity index (χ4v) is 2.84. The molecule has 0 aromatic heterocycles. The van der Waals surface area contributed by atoms with E-state index in [1.54, 1.807) is 18.2 Å². The van der Waals surface area contributed by atoms with Crippen molar-refractivity contribution in [1.29, 1.82) is 0 Å². The van der Waals surface area contributed by atoms with E-state index in [0.29, 0.717) is 16.4 Å². The molecule has 0 radical (unpaired) electrons. The average Bonchev–Trinajstić information content (AvgIpc) is 2.59. The lowest BCUT2D eigenvalue weighted by molar-refractivity contribution is -0.255. The Morgan fingerprint density at radius 1 is 1.00 bits per heavy atom. The molecule has 2 rings (SSSR count). The summed E-state index contributed by atoms with van der Waals surface area (Å²) in [4.78, 5) is 34.5. The summed E-state index contributed by atoms with van der Waals surface area (Å²) in [5.74, 6) is -1.60. The van der Waals surface area contributed by atoms with Crippen LogP contribution in [0.3, 0.4) is 0 Å². The molecule has 2 aromatic carbocycles. The minimum Gasteiger partial charge on any atom is -0.545 e. The van der Waals surface area contributed by atoms with Crippen LogP contribution in [0.25, 0.3) is 0 Å². The Hall–Kier alpha value is -2.51. The summed E-state index contributed by atoms with van der Waals surface area (Å²) >= 11 is 7.17. The Morgan fingerprint density at radius 3 is 2.23 bits per heavy atom. The number of aromatic carboxylic acids is 1. The number of anilines is 2. The van der Waals surface area contributed by atoms with Crippen LogP contribution in [-0.2, 0) is 9.59 Å². The van der Waals surface area contributed by atoms with E-state index >= 15 is 0 Å². The quantitative estimate of drug-likeness (QED) is 0.754. The zero-order chi connectivity index (χ0) is 19.1. The van der Waals surface area contributed by atoms with Crippen LogP contribution in [0.15, 0.2) is 42.5 Å². The van der Waals surface area contributed by atoms with E-state index in [-0.39, 0.29) is 28.9 Å². The number of carboxylic acids is 1. The smallest absolute Gasteiger partial charge is 0.234 e. The lowest BCUT2D eigenvalue weighted by Gasteiger charge is -2.09. The van der Waals surface area contributed by atoms with Crippen LogP contribution < -0.4 is 15.7 Å². The van der Waals surface area contributed by atoms with Crippen LogP contribution in [-0.4, -0.2) is 29.3 Å². The Kier molecular flexibility index (Phi) is 7.06. The first-order chi connectivity index (χ1) is 12.4. The molecule has 0 aliphatic rings. The van der Waals surface area contributed by atoms with Gasteiger partial charge in [0.15, 0.2) is 0 Å². The molecule has 8 heteroatoms. The van der Waals surface area contributed by atoms with Gasteiger partial charge in [0, 0.05) is 16.4 Å². The van der Waals surface area contributed by atoms with E-state index < -0.39 is 5.97 Å². The van der Waals surface area contributed by atoms with Crippen LogP contribution in [0.1, 0.15) is 15.9 Å². The maximum absolute atomic E-state index is 11.9. The predicted molar refractivity (Wildman–Crippen MR) is 102 cm³/mol. The molecule has 0 spiro atoms. The van der Waals surface area contributed by atoms with Crippen LogP contribution >= 0.6 is 23.4 Å². The summed E-state index contributed by atoms with van der Waals surface area (Å²) in [5.41, 5.74) is 1.93. The molecule has 0 saturated heterocycles. The Balaban J connectivity index is 1.76. The van der Waals surface area contributed by atoms with Crippen molar-refractivity contribution in [2.75, 3.05) is 22.1 Å². The minimum absolute atomic E-state index is 0.0327. The summed E-state index contributed by atoms with van der Waals surface area (Å²) in [7, 11) is 0. The van der Waals surface area contributed by atoms with Gasteiger partial charge in [-0.15, -0.1) is 11.8 Å². The Labute approximate surface area is 159 Å². The van der Waals surface area contributed by atoms with Gasteiger partial charge >= 0.3 is 0 Å². The number of carbonyl (C=O) groups is 3. The van der Waals surface area contributed by atoms with E-state index in [1.807, 2.05) is 6.92 Å². The molecule has 0 atom stereocenters. The summed E-state index contributed by atoms with van der Waals surface area (Å²) < 4.78 is 0. The third-order valence-electron chi connectivity index (χ3n) is 3.41. The summed E-state index contributed by atoms with van der Waals surface area (Å²) in [5, 5.41) is 16.6. The molecule has 0 unspecified atom stereocenters. The molecule has 6 nitrogen and oxygen atoms in total. The summed E-state index contributed by atoms with van der Waals surface area (Å²) in [6.07, 6.45) is 0. The van der Waals surface area contributed by atoms with Gasteiger partial charge in [0.05, 0.1) is 17.5 Å². The largest absolute Gasteiger partial charge is 0.545 e. The fraction of sp³-hybridized carbons (Fsp3) is 0.167. The highest BCUT2D eigenvalue weighted by atomic mass is 35.5. The van der Waals surface area contributed by atoms with Crippen LogP contribution in [0.2, 0.25) is 5.02 Å². The van der Waals surface area contributed by atoms with E-state index in [4.69, 9.17) is 11.6 Å². The van der Waals surface area contributed by atoms with Gasteiger partial charge in [-0.25, -0.2) is 0 Å². The number of nitrogens with one attached hydrogen (secondary N) is 2. The van der Waals surface area contributed by atoms with E-state index in [9.17, 15) is 19.5 Å². The van der Waals surface area contributed by atoms with E-state index in [0.717, 1.165) is 17.3 Å². The molecule has 0 aliphatic heterocycles. The monoisotopic (exact) mass is 391 g/mol. The zero-order valence-corrected chi connectivity index (χ0v) is 15.4. The number of halogens is 1.